The Hall–Kier alpha value is -1.13. The monoisotopic (exact) mass is 349 g/mol. The number of aromatic nitrogens is 2. The number of hydrogen-bond acceptors (Lipinski definition) is 2. The highest BCUT2D eigenvalue weighted by atomic mass is 79.9. The molecule has 0 aliphatic rings. The van der Waals surface area contributed by atoms with E-state index in [9.17, 15) is 0 Å². The third-order valence-corrected chi connectivity index (χ3v) is 4.05. The fourth-order valence-corrected chi connectivity index (χ4v) is 3.05. The van der Waals surface area contributed by atoms with Crippen molar-refractivity contribution in [1.29, 1.82) is 0 Å². The van der Waals surface area contributed by atoms with Crippen molar-refractivity contribution in [3.63, 3.8) is 0 Å². The molecule has 1 unspecified atom stereocenters. The van der Waals surface area contributed by atoms with Gasteiger partial charge in [-0.2, -0.15) is 5.10 Å². The summed E-state index contributed by atoms with van der Waals surface area (Å²) in [5.74, 6) is 0. The van der Waals surface area contributed by atoms with Gasteiger partial charge >= 0.3 is 0 Å². The summed E-state index contributed by atoms with van der Waals surface area (Å²) < 4.78 is 3.25. The van der Waals surface area contributed by atoms with Gasteiger partial charge in [-0.1, -0.05) is 35.0 Å². The van der Waals surface area contributed by atoms with Gasteiger partial charge in [0.15, 0.2) is 0 Å². The third-order valence-electron chi connectivity index (χ3n) is 3.56. The van der Waals surface area contributed by atoms with Crippen LogP contribution in [-0.4, -0.2) is 16.3 Å². The predicted molar refractivity (Wildman–Crippen MR) is 91.5 cm³/mol. The summed E-state index contributed by atoms with van der Waals surface area (Å²) in [5, 5.41) is 8.25. The molecule has 0 aliphatic carbocycles. The van der Waals surface area contributed by atoms with E-state index in [4.69, 9.17) is 0 Å². The largest absolute Gasteiger partial charge is 0.308 e. The molecule has 1 aromatic carbocycles. The molecule has 4 heteroatoms. The fraction of sp³-hybridized carbons (Fsp3) is 0.471. The number of hydrogen-bond donors (Lipinski definition) is 1. The van der Waals surface area contributed by atoms with Crippen molar-refractivity contribution in [2.75, 3.05) is 6.54 Å². The Kier molecular flexibility index (Phi) is 6.00. The normalized spacial score (nSPS) is 12.6. The molecule has 114 valence electrons. The molecule has 0 spiro atoms. The van der Waals surface area contributed by atoms with Crippen molar-refractivity contribution in [2.24, 2.45) is 0 Å². The topological polar surface area (TPSA) is 29.9 Å². The number of halogens is 1. The molecule has 1 N–H and O–H groups in total. The van der Waals surface area contributed by atoms with E-state index in [0.717, 1.165) is 36.1 Å². The van der Waals surface area contributed by atoms with Crippen LogP contribution in [0, 0.1) is 6.92 Å². The minimum absolute atomic E-state index is 0.306. The van der Waals surface area contributed by atoms with Crippen LogP contribution in [0.2, 0.25) is 0 Å². The van der Waals surface area contributed by atoms with E-state index in [-0.39, 0.29) is 0 Å². The van der Waals surface area contributed by atoms with Crippen LogP contribution in [0.25, 0.3) is 0 Å². The van der Waals surface area contributed by atoms with Crippen LogP contribution in [0.4, 0.5) is 0 Å². The van der Waals surface area contributed by atoms with Crippen LogP contribution in [0.5, 0.6) is 0 Å². The Bertz CT molecular complexity index is 577. The molecule has 1 aromatic heterocycles. The van der Waals surface area contributed by atoms with Crippen LogP contribution < -0.4 is 5.32 Å². The predicted octanol–water partition coefficient (Wildman–Crippen LogP) is 4.26. The Morgan fingerprint density at radius 3 is 2.76 bits per heavy atom. The van der Waals surface area contributed by atoms with E-state index in [1.165, 1.54) is 11.3 Å². The fourth-order valence-electron chi connectivity index (χ4n) is 2.60. The maximum absolute atomic E-state index is 4.58. The summed E-state index contributed by atoms with van der Waals surface area (Å²) >= 11 is 3.56. The van der Waals surface area contributed by atoms with E-state index >= 15 is 0 Å². The SMILES string of the molecule is CCCNC(Cc1cccc(Br)c1)c1cc(C)nn1CC. The summed E-state index contributed by atoms with van der Waals surface area (Å²) in [6, 6.07) is 11.1. The molecule has 0 saturated carbocycles. The lowest BCUT2D eigenvalue weighted by molar-refractivity contribution is 0.478. The van der Waals surface area contributed by atoms with Crippen LogP contribution in [0.3, 0.4) is 0 Å². The molecule has 21 heavy (non-hydrogen) atoms. The van der Waals surface area contributed by atoms with Gasteiger partial charge in [-0.25, -0.2) is 0 Å². The summed E-state index contributed by atoms with van der Waals surface area (Å²) in [4.78, 5) is 0. The Labute approximate surface area is 135 Å². The van der Waals surface area contributed by atoms with Gasteiger partial charge in [0.2, 0.25) is 0 Å². The Balaban J connectivity index is 2.25. The molecule has 0 saturated heterocycles. The number of benzene rings is 1. The summed E-state index contributed by atoms with van der Waals surface area (Å²) in [7, 11) is 0. The molecule has 2 aromatic rings. The lowest BCUT2D eigenvalue weighted by Gasteiger charge is -2.20. The minimum atomic E-state index is 0.306. The molecule has 0 radical (unpaired) electrons. The summed E-state index contributed by atoms with van der Waals surface area (Å²) in [6.07, 6.45) is 2.11. The minimum Gasteiger partial charge on any atom is -0.308 e. The van der Waals surface area contributed by atoms with Crippen molar-refractivity contribution in [1.82, 2.24) is 15.1 Å². The molecule has 0 amide bonds. The molecular formula is C17H24BrN3. The van der Waals surface area contributed by atoms with Gasteiger partial charge in [-0.15, -0.1) is 0 Å². The third kappa shape index (κ3) is 4.42. The number of aryl methyl sites for hydroxylation is 2. The van der Waals surface area contributed by atoms with E-state index in [2.05, 4.69) is 82.1 Å². The molecule has 1 heterocycles. The molecule has 2 rings (SSSR count). The molecular weight excluding hydrogens is 326 g/mol. The van der Waals surface area contributed by atoms with Gasteiger partial charge in [0.05, 0.1) is 17.4 Å². The van der Waals surface area contributed by atoms with Crippen LogP contribution in [0.1, 0.15) is 43.3 Å². The Morgan fingerprint density at radius 1 is 1.29 bits per heavy atom. The summed E-state index contributed by atoms with van der Waals surface area (Å²) in [5.41, 5.74) is 3.70. The average Bonchev–Trinajstić information content (AvgIpc) is 2.84. The second-order valence-corrected chi connectivity index (χ2v) is 6.28. The molecule has 1 atom stereocenters. The first-order chi connectivity index (χ1) is 10.1. The van der Waals surface area contributed by atoms with Gasteiger partial charge < -0.3 is 5.32 Å². The van der Waals surface area contributed by atoms with Crippen molar-refractivity contribution in [3.8, 4) is 0 Å². The second-order valence-electron chi connectivity index (χ2n) is 5.37. The van der Waals surface area contributed by atoms with Gasteiger partial charge in [-0.05, 0) is 57.0 Å². The van der Waals surface area contributed by atoms with Crippen molar-refractivity contribution >= 4 is 15.9 Å². The first-order valence-electron chi connectivity index (χ1n) is 7.66. The van der Waals surface area contributed by atoms with E-state index in [0.29, 0.717) is 6.04 Å². The molecule has 0 bridgehead atoms. The zero-order chi connectivity index (χ0) is 15.2. The standard InChI is InChI=1S/C17H24BrN3/c1-4-9-19-16(12-14-7-6-8-15(18)11-14)17-10-13(3)20-21(17)5-2/h6-8,10-11,16,19H,4-5,9,12H2,1-3H3. The van der Waals surface area contributed by atoms with Crippen molar-refractivity contribution in [3.05, 3.63) is 51.8 Å². The quantitative estimate of drug-likeness (QED) is 0.809. The second kappa shape index (κ2) is 7.76. The number of rotatable bonds is 7. The van der Waals surface area contributed by atoms with Crippen LogP contribution in [-0.2, 0) is 13.0 Å². The number of nitrogens with zero attached hydrogens (tertiary/aromatic N) is 2. The average molecular weight is 350 g/mol. The zero-order valence-electron chi connectivity index (χ0n) is 13.1. The van der Waals surface area contributed by atoms with Crippen molar-refractivity contribution in [2.45, 2.75) is 46.2 Å². The maximum atomic E-state index is 4.58. The lowest BCUT2D eigenvalue weighted by Crippen LogP contribution is -2.26. The first kappa shape index (κ1) is 16.2. The van der Waals surface area contributed by atoms with Crippen LogP contribution >= 0.6 is 15.9 Å². The highest BCUT2D eigenvalue weighted by Gasteiger charge is 2.17. The van der Waals surface area contributed by atoms with Crippen LogP contribution in [0.15, 0.2) is 34.8 Å². The summed E-state index contributed by atoms with van der Waals surface area (Å²) in [6.45, 7) is 8.33. The van der Waals surface area contributed by atoms with Gasteiger partial charge in [0.1, 0.15) is 0 Å². The Morgan fingerprint density at radius 2 is 2.10 bits per heavy atom. The van der Waals surface area contributed by atoms with Gasteiger partial charge in [0, 0.05) is 11.0 Å². The highest BCUT2D eigenvalue weighted by Crippen LogP contribution is 2.22. The van der Waals surface area contributed by atoms with E-state index in [1.807, 2.05) is 0 Å². The smallest absolute Gasteiger partial charge is 0.0597 e. The van der Waals surface area contributed by atoms with Crippen molar-refractivity contribution < 1.29 is 0 Å². The van der Waals surface area contributed by atoms with E-state index in [1.54, 1.807) is 0 Å². The molecule has 3 nitrogen and oxygen atoms in total. The lowest BCUT2D eigenvalue weighted by atomic mass is 10.0. The molecule has 0 fully saturated rings. The molecule has 0 aliphatic heterocycles. The van der Waals surface area contributed by atoms with Gasteiger partial charge in [0.25, 0.3) is 0 Å². The number of nitrogens with one attached hydrogen (secondary N) is 1. The van der Waals surface area contributed by atoms with Gasteiger partial charge in [-0.3, -0.25) is 4.68 Å². The zero-order valence-corrected chi connectivity index (χ0v) is 14.7. The first-order valence-corrected chi connectivity index (χ1v) is 8.45. The van der Waals surface area contributed by atoms with E-state index < -0.39 is 0 Å². The maximum Gasteiger partial charge on any atom is 0.0597 e. The highest BCUT2D eigenvalue weighted by molar-refractivity contribution is 9.10.